The molecule has 7 heteroatoms. The summed E-state index contributed by atoms with van der Waals surface area (Å²) in [5.41, 5.74) is 7.20. The molecule has 1 aromatic heterocycles. The van der Waals surface area contributed by atoms with E-state index in [1.807, 2.05) is 0 Å². The van der Waals surface area contributed by atoms with Crippen LogP contribution in [0.2, 0.25) is 0 Å². The van der Waals surface area contributed by atoms with E-state index in [9.17, 15) is 10.2 Å². The van der Waals surface area contributed by atoms with Crippen molar-refractivity contribution in [3.63, 3.8) is 0 Å². The highest BCUT2D eigenvalue weighted by molar-refractivity contribution is 6.19. The van der Waals surface area contributed by atoms with Crippen molar-refractivity contribution in [2.45, 2.75) is 32.6 Å². The number of hydrogen-bond donors (Lipinski definition) is 5. The lowest BCUT2D eigenvalue weighted by Crippen LogP contribution is -2.20. The van der Waals surface area contributed by atoms with Crippen LogP contribution in [-0.4, -0.2) is 39.1 Å². The Labute approximate surface area is 110 Å². The molecule has 7 nitrogen and oxygen atoms in total. The highest BCUT2D eigenvalue weighted by Crippen LogP contribution is 2.36. The quantitative estimate of drug-likeness (QED) is 0.513. The van der Waals surface area contributed by atoms with E-state index in [2.05, 4.69) is 0 Å². The standard InChI is InChI=1S/C12H18N4O3/c1-2-19-8(17)5-16-11(15)9-6(13)3-4-7(14)10(9)12(16)18/h8,13-14,17-18H,2-5,15H2,1H3. The van der Waals surface area contributed by atoms with Gasteiger partial charge in [-0.2, -0.15) is 0 Å². The van der Waals surface area contributed by atoms with Gasteiger partial charge in [0.2, 0.25) is 5.88 Å². The molecule has 0 saturated heterocycles. The topological polar surface area (TPSA) is 128 Å². The zero-order valence-corrected chi connectivity index (χ0v) is 10.7. The summed E-state index contributed by atoms with van der Waals surface area (Å²) in [5.74, 6) is 0.0152. The van der Waals surface area contributed by atoms with Crippen molar-refractivity contribution < 1.29 is 14.9 Å². The number of nitrogens with two attached hydrogens (primary N) is 1. The Kier molecular flexibility index (Phi) is 3.59. The van der Waals surface area contributed by atoms with Gasteiger partial charge < -0.3 is 31.5 Å². The number of nitrogen functional groups attached to an aromatic ring is 1. The normalized spacial score (nSPS) is 16.5. The predicted molar refractivity (Wildman–Crippen MR) is 71.0 cm³/mol. The Balaban J connectivity index is 2.44. The van der Waals surface area contributed by atoms with Crippen molar-refractivity contribution in [1.82, 2.24) is 4.57 Å². The summed E-state index contributed by atoms with van der Waals surface area (Å²) in [7, 11) is 0. The van der Waals surface area contributed by atoms with Crippen LogP contribution in [0.1, 0.15) is 30.9 Å². The molecule has 19 heavy (non-hydrogen) atoms. The van der Waals surface area contributed by atoms with Crippen LogP contribution < -0.4 is 5.73 Å². The summed E-state index contributed by atoms with van der Waals surface area (Å²) in [5, 5.41) is 35.5. The molecule has 0 aromatic carbocycles. The van der Waals surface area contributed by atoms with Gasteiger partial charge in [0.05, 0.1) is 17.7 Å². The minimum Gasteiger partial charge on any atom is -0.494 e. The van der Waals surface area contributed by atoms with E-state index in [0.29, 0.717) is 36.3 Å². The van der Waals surface area contributed by atoms with Gasteiger partial charge in [-0.05, 0) is 19.8 Å². The third-order valence-electron chi connectivity index (χ3n) is 3.20. The summed E-state index contributed by atoms with van der Waals surface area (Å²) >= 11 is 0. The molecule has 0 amide bonds. The molecule has 1 unspecified atom stereocenters. The van der Waals surface area contributed by atoms with Crippen molar-refractivity contribution >= 4 is 17.2 Å². The van der Waals surface area contributed by atoms with E-state index < -0.39 is 6.29 Å². The van der Waals surface area contributed by atoms with E-state index in [1.54, 1.807) is 6.92 Å². The summed E-state index contributed by atoms with van der Waals surface area (Å²) in [6, 6.07) is 0. The van der Waals surface area contributed by atoms with Gasteiger partial charge in [-0.1, -0.05) is 0 Å². The lowest BCUT2D eigenvalue weighted by atomic mass is 9.91. The minimum atomic E-state index is -1.09. The maximum absolute atomic E-state index is 10.1. The van der Waals surface area contributed by atoms with E-state index in [0.717, 1.165) is 0 Å². The Morgan fingerprint density at radius 2 is 1.89 bits per heavy atom. The second kappa shape index (κ2) is 5.02. The second-order valence-corrected chi connectivity index (χ2v) is 4.44. The van der Waals surface area contributed by atoms with Crippen LogP contribution in [0.3, 0.4) is 0 Å². The van der Waals surface area contributed by atoms with Gasteiger partial charge >= 0.3 is 0 Å². The molecule has 0 radical (unpaired) electrons. The summed E-state index contributed by atoms with van der Waals surface area (Å²) < 4.78 is 6.29. The summed E-state index contributed by atoms with van der Waals surface area (Å²) in [6.07, 6.45) is -0.236. The Bertz CT molecular complexity index is 496. The number of hydrogen-bond acceptors (Lipinski definition) is 6. The van der Waals surface area contributed by atoms with Crippen molar-refractivity contribution in [3.05, 3.63) is 11.1 Å². The molecule has 104 valence electrons. The Morgan fingerprint density at radius 3 is 2.42 bits per heavy atom. The molecule has 0 bridgehead atoms. The van der Waals surface area contributed by atoms with Gasteiger partial charge in [-0.25, -0.2) is 0 Å². The number of nitrogens with zero attached hydrogens (tertiary/aromatic N) is 1. The SMILES string of the molecule is CCOC(O)Cn1c(N)c2c(c1O)C(=N)CCC2=N. The molecule has 0 aliphatic heterocycles. The van der Waals surface area contributed by atoms with Crippen LogP contribution in [0.15, 0.2) is 0 Å². The van der Waals surface area contributed by atoms with Gasteiger partial charge in [-0.3, -0.25) is 4.57 Å². The van der Waals surface area contributed by atoms with Crippen LogP contribution in [-0.2, 0) is 11.3 Å². The molecule has 1 atom stereocenters. The zero-order chi connectivity index (χ0) is 14.2. The van der Waals surface area contributed by atoms with E-state index in [1.165, 1.54) is 4.57 Å². The number of ether oxygens (including phenoxy) is 1. The highest BCUT2D eigenvalue weighted by Gasteiger charge is 2.30. The maximum atomic E-state index is 10.1. The van der Waals surface area contributed by atoms with Crippen LogP contribution in [0.5, 0.6) is 5.88 Å². The molecule has 1 heterocycles. The third kappa shape index (κ3) is 2.22. The average molecular weight is 266 g/mol. The number of anilines is 1. The van der Waals surface area contributed by atoms with E-state index >= 15 is 0 Å². The number of nitrogens with one attached hydrogen (secondary N) is 2. The highest BCUT2D eigenvalue weighted by atomic mass is 16.6. The van der Waals surface area contributed by atoms with Crippen molar-refractivity contribution in [3.8, 4) is 5.88 Å². The molecule has 6 N–H and O–H groups in total. The fourth-order valence-electron chi connectivity index (χ4n) is 2.30. The molecular weight excluding hydrogens is 248 g/mol. The largest absolute Gasteiger partial charge is 0.494 e. The van der Waals surface area contributed by atoms with Crippen LogP contribution in [0.4, 0.5) is 5.82 Å². The molecule has 1 aromatic rings. The van der Waals surface area contributed by atoms with E-state index in [-0.39, 0.29) is 24.0 Å². The first kappa shape index (κ1) is 13.6. The van der Waals surface area contributed by atoms with Gasteiger partial charge in [0.1, 0.15) is 5.82 Å². The molecule has 0 spiro atoms. The first-order valence-electron chi connectivity index (χ1n) is 6.13. The zero-order valence-electron chi connectivity index (χ0n) is 10.7. The van der Waals surface area contributed by atoms with Gasteiger partial charge in [0.25, 0.3) is 0 Å². The summed E-state index contributed by atoms with van der Waals surface area (Å²) in [4.78, 5) is 0. The predicted octanol–water partition coefficient (Wildman–Crippen LogP) is 0.660. The first-order chi connectivity index (χ1) is 8.97. The number of fused-ring (bicyclic) bond motifs is 1. The molecular formula is C12H18N4O3. The monoisotopic (exact) mass is 266 g/mol. The lowest BCUT2D eigenvalue weighted by Gasteiger charge is -2.14. The maximum Gasteiger partial charge on any atom is 0.202 e. The molecule has 0 saturated carbocycles. The third-order valence-corrected chi connectivity index (χ3v) is 3.20. The number of aromatic hydroxyl groups is 1. The Morgan fingerprint density at radius 1 is 1.32 bits per heavy atom. The van der Waals surface area contributed by atoms with Crippen molar-refractivity contribution in [2.75, 3.05) is 12.3 Å². The van der Waals surface area contributed by atoms with E-state index in [4.69, 9.17) is 21.3 Å². The second-order valence-electron chi connectivity index (χ2n) is 4.44. The Hall–Kier alpha value is -1.86. The molecule has 1 aliphatic carbocycles. The van der Waals surface area contributed by atoms with Gasteiger partial charge in [0, 0.05) is 18.0 Å². The molecule has 2 rings (SSSR count). The minimum absolute atomic E-state index is 0.0287. The molecule has 0 fully saturated rings. The van der Waals surface area contributed by atoms with Crippen LogP contribution in [0.25, 0.3) is 0 Å². The smallest absolute Gasteiger partial charge is 0.202 e. The van der Waals surface area contributed by atoms with Crippen LogP contribution in [0, 0.1) is 10.8 Å². The van der Waals surface area contributed by atoms with Crippen molar-refractivity contribution in [2.24, 2.45) is 0 Å². The summed E-state index contributed by atoms with van der Waals surface area (Å²) in [6.45, 7) is 2.06. The van der Waals surface area contributed by atoms with Crippen LogP contribution >= 0.6 is 0 Å². The average Bonchev–Trinajstić information content (AvgIpc) is 2.60. The fourth-order valence-corrected chi connectivity index (χ4v) is 2.30. The first-order valence-corrected chi connectivity index (χ1v) is 6.13. The lowest BCUT2D eigenvalue weighted by molar-refractivity contribution is -0.104. The number of rotatable bonds is 4. The van der Waals surface area contributed by atoms with Gasteiger partial charge in [0.15, 0.2) is 6.29 Å². The molecule has 1 aliphatic rings. The fraction of sp³-hybridized carbons (Fsp3) is 0.500. The number of aliphatic hydroxyl groups excluding tert-OH is 1. The number of aliphatic hydroxyl groups is 1. The van der Waals surface area contributed by atoms with Crippen molar-refractivity contribution in [1.29, 1.82) is 10.8 Å². The number of aromatic nitrogens is 1. The van der Waals surface area contributed by atoms with Gasteiger partial charge in [-0.15, -0.1) is 0 Å².